The number of carbonyl (C=O) groups excluding carboxylic acids is 1. The Hall–Kier alpha value is -0.670. The van der Waals surface area contributed by atoms with Gasteiger partial charge in [-0.1, -0.05) is 0 Å². The number of rotatable bonds is 4. The van der Waals surface area contributed by atoms with Crippen LogP contribution in [0, 0.1) is 6.92 Å². The van der Waals surface area contributed by atoms with Gasteiger partial charge in [0.15, 0.2) is 0 Å². The first-order valence-corrected chi connectivity index (χ1v) is 10.3. The Kier molecular flexibility index (Phi) is 6.66. The molecule has 2 fully saturated rings. The number of hydrogen-bond donors (Lipinski definition) is 2. The van der Waals surface area contributed by atoms with Crippen molar-refractivity contribution < 1.29 is 13.2 Å². The van der Waals surface area contributed by atoms with Crippen LogP contribution in [0.25, 0.3) is 0 Å². The van der Waals surface area contributed by atoms with Crippen LogP contribution in [0.4, 0.5) is 0 Å². The van der Waals surface area contributed by atoms with Crippen molar-refractivity contribution in [1.82, 2.24) is 14.9 Å². The van der Waals surface area contributed by atoms with Gasteiger partial charge in [0.05, 0.1) is 0 Å². The van der Waals surface area contributed by atoms with E-state index in [1.165, 1.54) is 15.6 Å². The standard InChI is InChI=1S/C15H23N3O3S2.ClH/c1-11-6-7-14(22-11)23(20,21)18-9-3-5-13(18)15(19)17-12-4-2-8-16-10-12;/h6-7,12-13,16H,2-5,8-10H2,1H3,(H,17,19);1H. The van der Waals surface area contributed by atoms with E-state index in [0.717, 1.165) is 37.2 Å². The van der Waals surface area contributed by atoms with E-state index in [9.17, 15) is 13.2 Å². The van der Waals surface area contributed by atoms with E-state index in [1.54, 1.807) is 12.1 Å². The summed E-state index contributed by atoms with van der Waals surface area (Å²) in [5, 5.41) is 6.27. The fourth-order valence-corrected chi connectivity index (χ4v) is 6.30. The zero-order chi connectivity index (χ0) is 16.4. The van der Waals surface area contributed by atoms with Crippen LogP contribution in [0.1, 0.15) is 30.6 Å². The molecule has 0 radical (unpaired) electrons. The zero-order valence-electron chi connectivity index (χ0n) is 13.7. The lowest BCUT2D eigenvalue weighted by Crippen LogP contribution is -2.52. The van der Waals surface area contributed by atoms with Gasteiger partial charge in [0.2, 0.25) is 5.91 Å². The third kappa shape index (κ3) is 4.11. The fraction of sp³-hybridized carbons (Fsp3) is 0.667. The van der Waals surface area contributed by atoms with Crippen LogP contribution in [0.5, 0.6) is 0 Å². The quantitative estimate of drug-likeness (QED) is 0.812. The number of nitrogens with one attached hydrogen (secondary N) is 2. The molecule has 9 heteroatoms. The molecular formula is C15H24ClN3O3S2. The Balaban J connectivity index is 0.00000208. The van der Waals surface area contributed by atoms with E-state index in [-0.39, 0.29) is 24.4 Å². The molecule has 2 N–H and O–H groups in total. The molecule has 0 saturated carbocycles. The van der Waals surface area contributed by atoms with Crippen LogP contribution in [0.15, 0.2) is 16.3 Å². The Labute approximate surface area is 153 Å². The average molecular weight is 394 g/mol. The molecule has 3 heterocycles. The first-order chi connectivity index (χ1) is 11.0. The van der Waals surface area contributed by atoms with Crippen LogP contribution < -0.4 is 10.6 Å². The van der Waals surface area contributed by atoms with Gasteiger partial charge >= 0.3 is 0 Å². The molecule has 2 saturated heterocycles. The second kappa shape index (κ2) is 8.14. The Bertz CT molecular complexity index is 671. The molecule has 1 aromatic heterocycles. The number of piperidine rings is 1. The lowest BCUT2D eigenvalue weighted by atomic mass is 10.1. The van der Waals surface area contributed by atoms with E-state index < -0.39 is 16.1 Å². The molecule has 2 aliphatic heterocycles. The molecule has 1 aromatic rings. The number of thiophene rings is 1. The van der Waals surface area contributed by atoms with Crippen LogP contribution in [-0.4, -0.2) is 50.3 Å². The Morgan fingerprint density at radius 3 is 2.75 bits per heavy atom. The van der Waals surface area contributed by atoms with E-state index in [0.29, 0.717) is 17.2 Å². The van der Waals surface area contributed by atoms with E-state index in [4.69, 9.17) is 0 Å². The number of carbonyl (C=O) groups is 1. The first-order valence-electron chi connectivity index (χ1n) is 8.08. The van der Waals surface area contributed by atoms with Crippen LogP contribution >= 0.6 is 23.7 Å². The molecule has 1 amide bonds. The monoisotopic (exact) mass is 393 g/mol. The topological polar surface area (TPSA) is 78.5 Å². The zero-order valence-corrected chi connectivity index (χ0v) is 16.1. The van der Waals surface area contributed by atoms with Gasteiger partial charge in [-0.3, -0.25) is 4.79 Å². The first kappa shape index (κ1) is 19.7. The molecule has 24 heavy (non-hydrogen) atoms. The highest BCUT2D eigenvalue weighted by molar-refractivity contribution is 7.91. The van der Waals surface area contributed by atoms with Crippen molar-refractivity contribution in [3.63, 3.8) is 0 Å². The second-order valence-electron chi connectivity index (χ2n) is 6.19. The maximum absolute atomic E-state index is 12.8. The molecule has 2 unspecified atom stereocenters. The highest BCUT2D eigenvalue weighted by Gasteiger charge is 2.40. The second-order valence-corrected chi connectivity index (χ2v) is 9.60. The van der Waals surface area contributed by atoms with Crippen molar-refractivity contribution in [3.05, 3.63) is 17.0 Å². The van der Waals surface area contributed by atoms with Gasteiger partial charge in [-0.25, -0.2) is 8.42 Å². The van der Waals surface area contributed by atoms with Gasteiger partial charge in [-0.2, -0.15) is 4.31 Å². The maximum atomic E-state index is 12.8. The predicted molar refractivity (Wildman–Crippen MR) is 97.3 cm³/mol. The van der Waals surface area contributed by atoms with Crippen molar-refractivity contribution in [1.29, 1.82) is 0 Å². The molecule has 3 rings (SSSR count). The van der Waals surface area contributed by atoms with E-state index >= 15 is 0 Å². The van der Waals surface area contributed by atoms with Gasteiger partial charge in [-0.15, -0.1) is 23.7 Å². The van der Waals surface area contributed by atoms with Crippen LogP contribution in [0.3, 0.4) is 0 Å². The number of aryl methyl sites for hydroxylation is 1. The van der Waals surface area contributed by atoms with Crippen molar-refractivity contribution in [2.24, 2.45) is 0 Å². The number of nitrogens with zero attached hydrogens (tertiary/aromatic N) is 1. The SMILES string of the molecule is Cc1ccc(S(=O)(=O)N2CCCC2C(=O)NC2CCCNC2)s1.Cl. The van der Waals surface area contributed by atoms with Gasteiger partial charge in [-0.05, 0) is 51.3 Å². The van der Waals surface area contributed by atoms with Crippen molar-refractivity contribution in [3.8, 4) is 0 Å². The van der Waals surface area contributed by atoms with Gasteiger partial charge in [0.1, 0.15) is 10.3 Å². The maximum Gasteiger partial charge on any atom is 0.253 e. The summed E-state index contributed by atoms with van der Waals surface area (Å²) in [5.41, 5.74) is 0. The smallest absolute Gasteiger partial charge is 0.253 e. The summed E-state index contributed by atoms with van der Waals surface area (Å²) in [5.74, 6) is -0.159. The van der Waals surface area contributed by atoms with E-state index in [1.807, 2.05) is 6.92 Å². The van der Waals surface area contributed by atoms with Gasteiger partial charge in [0, 0.05) is 24.0 Å². The van der Waals surface area contributed by atoms with Gasteiger partial charge < -0.3 is 10.6 Å². The highest BCUT2D eigenvalue weighted by Crippen LogP contribution is 2.30. The summed E-state index contributed by atoms with van der Waals surface area (Å²) in [6.45, 7) is 4.04. The minimum Gasteiger partial charge on any atom is -0.351 e. The van der Waals surface area contributed by atoms with Gasteiger partial charge in [0.25, 0.3) is 10.0 Å². The number of hydrogen-bond acceptors (Lipinski definition) is 5. The summed E-state index contributed by atoms with van der Waals surface area (Å²) in [6.07, 6.45) is 3.30. The summed E-state index contributed by atoms with van der Waals surface area (Å²) in [6, 6.07) is 2.96. The summed E-state index contributed by atoms with van der Waals surface area (Å²) in [4.78, 5) is 13.5. The molecule has 0 bridgehead atoms. The summed E-state index contributed by atoms with van der Waals surface area (Å²) < 4.78 is 27.3. The molecular weight excluding hydrogens is 370 g/mol. The molecule has 2 aliphatic rings. The van der Waals surface area contributed by atoms with E-state index in [2.05, 4.69) is 10.6 Å². The van der Waals surface area contributed by atoms with Crippen molar-refractivity contribution in [2.75, 3.05) is 19.6 Å². The van der Waals surface area contributed by atoms with Crippen molar-refractivity contribution in [2.45, 2.75) is 48.9 Å². The average Bonchev–Trinajstić information content (AvgIpc) is 3.17. The fourth-order valence-electron chi connectivity index (χ4n) is 3.23. The number of sulfonamides is 1. The minimum atomic E-state index is -3.58. The molecule has 136 valence electrons. The summed E-state index contributed by atoms with van der Waals surface area (Å²) in [7, 11) is -3.58. The molecule has 0 aliphatic carbocycles. The molecule has 2 atom stereocenters. The predicted octanol–water partition coefficient (Wildman–Crippen LogP) is 1.50. The normalized spacial score (nSPS) is 25.2. The Morgan fingerprint density at radius 2 is 2.12 bits per heavy atom. The van der Waals surface area contributed by atoms with Crippen molar-refractivity contribution >= 4 is 39.7 Å². The van der Waals surface area contributed by atoms with Crippen LogP contribution in [-0.2, 0) is 14.8 Å². The van der Waals surface area contributed by atoms with Crippen LogP contribution in [0.2, 0.25) is 0 Å². The third-order valence-corrected chi connectivity index (χ3v) is 7.80. The largest absolute Gasteiger partial charge is 0.351 e. The summed E-state index contributed by atoms with van der Waals surface area (Å²) >= 11 is 1.26. The minimum absolute atomic E-state index is 0. The number of halogens is 1. The molecule has 6 nitrogen and oxygen atoms in total. The lowest BCUT2D eigenvalue weighted by molar-refractivity contribution is -0.125. The molecule has 0 spiro atoms. The highest BCUT2D eigenvalue weighted by atomic mass is 35.5. The Morgan fingerprint density at radius 1 is 1.33 bits per heavy atom. The lowest BCUT2D eigenvalue weighted by Gasteiger charge is -2.28. The molecule has 0 aromatic carbocycles. The number of amides is 1. The third-order valence-electron chi connectivity index (χ3n) is 4.43.